The van der Waals surface area contributed by atoms with Crippen LogP contribution in [0.1, 0.15) is 23.1 Å². The lowest BCUT2D eigenvalue weighted by molar-refractivity contribution is -0.119. The second-order valence-electron chi connectivity index (χ2n) is 6.21. The summed E-state index contributed by atoms with van der Waals surface area (Å²) in [5.74, 6) is 0.882. The van der Waals surface area contributed by atoms with Gasteiger partial charge in [-0.25, -0.2) is 9.97 Å². The van der Waals surface area contributed by atoms with Gasteiger partial charge >= 0.3 is 0 Å². The number of carbonyl (C=O) groups is 2. The summed E-state index contributed by atoms with van der Waals surface area (Å²) in [6.07, 6.45) is 0.814. The molecule has 0 aliphatic carbocycles. The molecule has 0 spiro atoms. The van der Waals surface area contributed by atoms with Gasteiger partial charge in [-0.05, 0) is 32.0 Å². The first-order chi connectivity index (χ1) is 13.1. The summed E-state index contributed by atoms with van der Waals surface area (Å²) < 4.78 is 5.61. The highest BCUT2D eigenvalue weighted by atomic mass is 16.5. The third kappa shape index (κ3) is 4.52. The zero-order valence-electron chi connectivity index (χ0n) is 15.5. The molecule has 3 rings (SSSR count). The average Bonchev–Trinajstić information content (AvgIpc) is 2.69. The van der Waals surface area contributed by atoms with Crippen LogP contribution in [0.3, 0.4) is 0 Å². The topological polar surface area (TPSA) is 87.7 Å². The van der Waals surface area contributed by atoms with Crippen molar-refractivity contribution in [2.45, 2.75) is 13.8 Å². The van der Waals surface area contributed by atoms with E-state index in [9.17, 15) is 9.59 Å². The van der Waals surface area contributed by atoms with Gasteiger partial charge in [-0.1, -0.05) is 12.1 Å². The molecule has 2 aromatic rings. The van der Waals surface area contributed by atoms with E-state index < -0.39 is 0 Å². The Morgan fingerprint density at radius 1 is 1.22 bits per heavy atom. The summed E-state index contributed by atoms with van der Waals surface area (Å²) in [4.78, 5) is 35.8. The van der Waals surface area contributed by atoms with Crippen LogP contribution < -0.4 is 10.1 Å². The van der Waals surface area contributed by atoms with E-state index in [-0.39, 0.29) is 5.91 Å². The molecule has 0 unspecified atom stereocenters. The fourth-order valence-electron chi connectivity index (χ4n) is 2.90. The fraction of sp³-hybridized carbons (Fsp3) is 0.368. The van der Waals surface area contributed by atoms with Crippen molar-refractivity contribution in [2.24, 2.45) is 0 Å². The molecule has 1 fully saturated rings. The van der Waals surface area contributed by atoms with E-state index in [0.29, 0.717) is 55.9 Å². The highest BCUT2D eigenvalue weighted by Crippen LogP contribution is 2.26. The molecule has 2 amide bonds. The number of aromatic nitrogens is 2. The molecular formula is C19H23N5O3. The number of amides is 2. The molecule has 1 aliphatic heterocycles. The summed E-state index contributed by atoms with van der Waals surface area (Å²) in [7, 11) is 0. The second-order valence-corrected chi connectivity index (χ2v) is 6.21. The number of rotatable bonds is 6. The van der Waals surface area contributed by atoms with Gasteiger partial charge in [0.05, 0.1) is 12.3 Å². The minimum atomic E-state index is -0.160. The van der Waals surface area contributed by atoms with Crippen LogP contribution in [0.4, 0.5) is 11.6 Å². The van der Waals surface area contributed by atoms with E-state index in [4.69, 9.17) is 4.74 Å². The Morgan fingerprint density at radius 2 is 1.96 bits per heavy atom. The standard InChI is InChI=1S/C19H23N5O3/c1-3-27-17-7-5-4-6-15(17)21-19-20-14(2)12-16(22-19)18(26)24-10-8-23(13-25)9-11-24/h4-7,12-13H,3,8-11H2,1-2H3,(H,20,21,22). The fourth-order valence-corrected chi connectivity index (χ4v) is 2.90. The van der Waals surface area contributed by atoms with Gasteiger partial charge in [-0.2, -0.15) is 0 Å². The molecule has 1 aromatic heterocycles. The quantitative estimate of drug-likeness (QED) is 0.782. The van der Waals surface area contributed by atoms with Gasteiger partial charge in [0, 0.05) is 31.9 Å². The third-order valence-electron chi connectivity index (χ3n) is 4.26. The highest BCUT2D eigenvalue weighted by molar-refractivity contribution is 5.93. The molecule has 1 saturated heterocycles. The highest BCUT2D eigenvalue weighted by Gasteiger charge is 2.23. The SMILES string of the molecule is CCOc1ccccc1Nc1nc(C)cc(C(=O)N2CCN(C=O)CC2)n1. The lowest BCUT2D eigenvalue weighted by Gasteiger charge is -2.32. The number of piperazine rings is 1. The number of hydrogen-bond donors (Lipinski definition) is 1. The lowest BCUT2D eigenvalue weighted by Crippen LogP contribution is -2.48. The van der Waals surface area contributed by atoms with Crippen LogP contribution in [0.25, 0.3) is 0 Å². The number of hydrogen-bond acceptors (Lipinski definition) is 6. The molecule has 27 heavy (non-hydrogen) atoms. The first kappa shape index (κ1) is 18.6. The van der Waals surface area contributed by atoms with E-state index >= 15 is 0 Å². The second kappa shape index (κ2) is 8.48. The Kier molecular flexibility index (Phi) is 5.85. The number of carbonyl (C=O) groups excluding carboxylic acids is 2. The molecule has 0 bridgehead atoms. The van der Waals surface area contributed by atoms with Crippen molar-refractivity contribution in [2.75, 3.05) is 38.1 Å². The minimum absolute atomic E-state index is 0.160. The summed E-state index contributed by atoms with van der Waals surface area (Å²) in [6.45, 7) is 6.35. The van der Waals surface area contributed by atoms with Gasteiger partial charge in [0.2, 0.25) is 12.4 Å². The van der Waals surface area contributed by atoms with Crippen LogP contribution in [0.2, 0.25) is 0 Å². The van der Waals surface area contributed by atoms with Gasteiger partial charge in [0.1, 0.15) is 11.4 Å². The van der Waals surface area contributed by atoms with Crippen LogP contribution in [-0.2, 0) is 4.79 Å². The van der Waals surface area contributed by atoms with Crippen molar-refractivity contribution < 1.29 is 14.3 Å². The summed E-state index contributed by atoms with van der Waals surface area (Å²) in [6, 6.07) is 9.19. The van der Waals surface area contributed by atoms with E-state index in [2.05, 4.69) is 15.3 Å². The molecule has 0 atom stereocenters. The number of anilines is 2. The molecule has 1 N–H and O–H groups in total. The zero-order chi connectivity index (χ0) is 19.2. The van der Waals surface area contributed by atoms with E-state index in [1.54, 1.807) is 15.9 Å². The number of ether oxygens (including phenoxy) is 1. The van der Waals surface area contributed by atoms with Gasteiger partial charge < -0.3 is 19.9 Å². The normalized spacial score (nSPS) is 14.0. The van der Waals surface area contributed by atoms with Crippen LogP contribution in [-0.4, -0.2) is 64.9 Å². The van der Waals surface area contributed by atoms with Crippen molar-refractivity contribution in [1.82, 2.24) is 19.8 Å². The number of nitrogens with one attached hydrogen (secondary N) is 1. The number of nitrogens with zero attached hydrogens (tertiary/aromatic N) is 4. The van der Waals surface area contributed by atoms with Crippen molar-refractivity contribution in [3.05, 3.63) is 41.7 Å². The van der Waals surface area contributed by atoms with Gasteiger partial charge in [-0.15, -0.1) is 0 Å². The van der Waals surface area contributed by atoms with Gasteiger partial charge in [0.25, 0.3) is 5.91 Å². The molecule has 0 radical (unpaired) electrons. The maximum atomic E-state index is 12.8. The predicted molar refractivity (Wildman–Crippen MR) is 101 cm³/mol. The Morgan fingerprint density at radius 3 is 2.67 bits per heavy atom. The molecule has 2 heterocycles. The zero-order valence-corrected chi connectivity index (χ0v) is 15.5. The summed E-state index contributed by atoms with van der Waals surface area (Å²) >= 11 is 0. The number of para-hydroxylation sites is 2. The van der Waals surface area contributed by atoms with Crippen LogP contribution >= 0.6 is 0 Å². The maximum Gasteiger partial charge on any atom is 0.272 e. The lowest BCUT2D eigenvalue weighted by atomic mass is 10.2. The van der Waals surface area contributed by atoms with Crippen molar-refractivity contribution >= 4 is 24.0 Å². The van der Waals surface area contributed by atoms with Crippen molar-refractivity contribution in [3.63, 3.8) is 0 Å². The van der Waals surface area contributed by atoms with Crippen molar-refractivity contribution in [1.29, 1.82) is 0 Å². The summed E-state index contributed by atoms with van der Waals surface area (Å²) in [5, 5.41) is 3.14. The molecular weight excluding hydrogens is 346 g/mol. The molecule has 8 nitrogen and oxygen atoms in total. The molecule has 0 saturated carbocycles. The molecule has 1 aliphatic rings. The first-order valence-electron chi connectivity index (χ1n) is 8.94. The Labute approximate surface area is 158 Å². The van der Waals surface area contributed by atoms with Crippen LogP contribution in [0.15, 0.2) is 30.3 Å². The van der Waals surface area contributed by atoms with Gasteiger partial charge in [0.15, 0.2) is 0 Å². The first-order valence-corrected chi connectivity index (χ1v) is 8.94. The van der Waals surface area contributed by atoms with E-state index in [1.165, 1.54) is 0 Å². The van der Waals surface area contributed by atoms with Crippen LogP contribution in [0, 0.1) is 6.92 Å². The summed E-state index contributed by atoms with van der Waals surface area (Å²) in [5.41, 5.74) is 1.76. The maximum absolute atomic E-state index is 12.8. The van der Waals surface area contributed by atoms with Gasteiger partial charge in [-0.3, -0.25) is 9.59 Å². The molecule has 142 valence electrons. The number of aryl methyl sites for hydroxylation is 1. The Hall–Kier alpha value is -3.16. The van der Waals surface area contributed by atoms with E-state index in [1.807, 2.05) is 38.1 Å². The van der Waals surface area contributed by atoms with E-state index in [0.717, 1.165) is 12.1 Å². The van der Waals surface area contributed by atoms with Crippen LogP contribution in [0.5, 0.6) is 5.75 Å². The van der Waals surface area contributed by atoms with Crippen molar-refractivity contribution in [3.8, 4) is 5.75 Å². The molecule has 1 aromatic carbocycles. The predicted octanol–water partition coefficient (Wildman–Crippen LogP) is 1.84. The third-order valence-corrected chi connectivity index (χ3v) is 4.26. The average molecular weight is 369 g/mol. The molecule has 8 heteroatoms. The number of benzene rings is 1. The Balaban J connectivity index is 1.79. The Bertz CT molecular complexity index is 819. The minimum Gasteiger partial charge on any atom is -0.492 e. The monoisotopic (exact) mass is 369 g/mol. The largest absolute Gasteiger partial charge is 0.492 e. The smallest absolute Gasteiger partial charge is 0.272 e.